The van der Waals surface area contributed by atoms with Gasteiger partial charge in [0.2, 0.25) is 0 Å². The molecular formula is C19H15ClN4O5S. The molecule has 0 bridgehead atoms. The van der Waals surface area contributed by atoms with E-state index in [1.54, 1.807) is 36.4 Å². The first-order valence-corrected chi connectivity index (χ1v) is 10.3. The van der Waals surface area contributed by atoms with E-state index in [-0.39, 0.29) is 15.6 Å². The summed E-state index contributed by atoms with van der Waals surface area (Å²) in [6, 6.07) is 17.5. The lowest BCUT2D eigenvalue weighted by molar-refractivity contribution is -0.384. The number of carbonyl (C=O) groups is 1. The molecule has 3 aromatic carbocycles. The van der Waals surface area contributed by atoms with Crippen LogP contribution in [0.4, 0.5) is 27.5 Å². The number of anilines is 3. The van der Waals surface area contributed by atoms with E-state index in [1.807, 2.05) is 6.07 Å². The summed E-state index contributed by atoms with van der Waals surface area (Å²) in [5.74, 6) is 0. The molecule has 0 atom stereocenters. The molecule has 0 aliphatic rings. The van der Waals surface area contributed by atoms with Crippen LogP contribution in [-0.4, -0.2) is 19.4 Å². The van der Waals surface area contributed by atoms with Gasteiger partial charge in [0, 0.05) is 17.4 Å². The van der Waals surface area contributed by atoms with Crippen molar-refractivity contribution in [2.24, 2.45) is 0 Å². The molecule has 0 aromatic heterocycles. The van der Waals surface area contributed by atoms with E-state index in [2.05, 4.69) is 15.4 Å². The van der Waals surface area contributed by atoms with E-state index < -0.39 is 26.7 Å². The largest absolute Gasteiger partial charge is 0.323 e. The zero-order chi connectivity index (χ0) is 21.7. The Morgan fingerprint density at radius 1 is 0.867 bits per heavy atom. The van der Waals surface area contributed by atoms with Gasteiger partial charge in [0.25, 0.3) is 15.7 Å². The van der Waals surface area contributed by atoms with Crippen LogP contribution in [0.2, 0.25) is 5.02 Å². The van der Waals surface area contributed by atoms with Crippen LogP contribution in [0.3, 0.4) is 0 Å². The molecule has 0 aliphatic heterocycles. The molecule has 3 aromatic rings. The molecule has 0 fully saturated rings. The van der Waals surface area contributed by atoms with Crippen molar-refractivity contribution in [3.8, 4) is 0 Å². The molecule has 0 radical (unpaired) electrons. The van der Waals surface area contributed by atoms with E-state index >= 15 is 0 Å². The molecule has 11 heteroatoms. The van der Waals surface area contributed by atoms with E-state index in [9.17, 15) is 23.3 Å². The fraction of sp³-hybridized carbons (Fsp3) is 0. The van der Waals surface area contributed by atoms with Crippen LogP contribution in [0.15, 0.2) is 77.7 Å². The highest BCUT2D eigenvalue weighted by atomic mass is 35.5. The summed E-state index contributed by atoms with van der Waals surface area (Å²) in [7, 11) is -4.12. The van der Waals surface area contributed by atoms with Crippen molar-refractivity contribution in [2.45, 2.75) is 4.90 Å². The summed E-state index contributed by atoms with van der Waals surface area (Å²) in [6.07, 6.45) is 0. The predicted molar refractivity (Wildman–Crippen MR) is 114 cm³/mol. The molecule has 0 unspecified atom stereocenters. The van der Waals surface area contributed by atoms with Crippen molar-refractivity contribution in [2.75, 3.05) is 15.4 Å². The van der Waals surface area contributed by atoms with Gasteiger partial charge in [-0.2, -0.15) is 0 Å². The smallest absolute Gasteiger partial charge is 0.308 e. The zero-order valence-corrected chi connectivity index (χ0v) is 16.8. The summed E-state index contributed by atoms with van der Waals surface area (Å²) in [5, 5.41) is 16.1. The lowest BCUT2D eigenvalue weighted by Crippen LogP contribution is -2.19. The van der Waals surface area contributed by atoms with Gasteiger partial charge in [-0.25, -0.2) is 13.2 Å². The number of nitro groups is 1. The molecule has 0 saturated heterocycles. The van der Waals surface area contributed by atoms with Crippen molar-refractivity contribution in [3.05, 3.63) is 87.9 Å². The number of hydrogen-bond acceptors (Lipinski definition) is 5. The SMILES string of the molecule is O=C(Nc1ccccc1)Nc1cccc(NS(=O)(=O)c2ccc(Cl)c([N+](=O)[O-])c2)c1. The number of nitro benzene ring substituents is 1. The van der Waals surface area contributed by atoms with Crippen molar-refractivity contribution in [1.82, 2.24) is 0 Å². The third kappa shape index (κ3) is 5.25. The predicted octanol–water partition coefficient (Wildman–Crippen LogP) is 4.69. The molecule has 0 spiro atoms. The van der Waals surface area contributed by atoms with E-state index in [4.69, 9.17) is 11.6 Å². The average Bonchev–Trinajstić information content (AvgIpc) is 2.68. The van der Waals surface area contributed by atoms with Crippen molar-refractivity contribution in [1.29, 1.82) is 0 Å². The third-order valence-corrected chi connectivity index (χ3v) is 5.53. The summed E-state index contributed by atoms with van der Waals surface area (Å²) < 4.78 is 27.5. The Morgan fingerprint density at radius 2 is 1.50 bits per heavy atom. The van der Waals surface area contributed by atoms with E-state index in [0.29, 0.717) is 11.4 Å². The number of benzene rings is 3. The second kappa shape index (κ2) is 8.80. The molecule has 3 N–H and O–H groups in total. The normalized spacial score (nSPS) is 10.8. The maximum atomic E-state index is 12.6. The van der Waals surface area contributed by atoms with Crippen molar-refractivity contribution < 1.29 is 18.1 Å². The fourth-order valence-corrected chi connectivity index (χ4v) is 3.74. The maximum Gasteiger partial charge on any atom is 0.323 e. The number of nitrogens with zero attached hydrogens (tertiary/aromatic N) is 1. The number of hydrogen-bond donors (Lipinski definition) is 3. The van der Waals surface area contributed by atoms with Gasteiger partial charge in [-0.15, -0.1) is 0 Å². The van der Waals surface area contributed by atoms with Gasteiger partial charge in [-0.1, -0.05) is 35.9 Å². The number of para-hydroxylation sites is 1. The van der Waals surface area contributed by atoms with E-state index in [1.165, 1.54) is 12.1 Å². The molecule has 0 aliphatic carbocycles. The molecule has 0 heterocycles. The van der Waals surface area contributed by atoms with Crippen LogP contribution in [0.5, 0.6) is 0 Å². The van der Waals surface area contributed by atoms with Gasteiger partial charge >= 0.3 is 6.03 Å². The molecule has 9 nitrogen and oxygen atoms in total. The Balaban J connectivity index is 1.75. The van der Waals surface area contributed by atoms with Gasteiger partial charge in [0.15, 0.2) is 0 Å². The van der Waals surface area contributed by atoms with Crippen LogP contribution >= 0.6 is 11.6 Å². The summed E-state index contributed by atoms with van der Waals surface area (Å²) >= 11 is 5.73. The standard InChI is InChI=1S/C19H15ClN4O5S/c20-17-10-9-16(12-18(17)24(26)27)30(28,29)23-15-8-4-7-14(11-15)22-19(25)21-13-5-2-1-3-6-13/h1-12,23H,(H2,21,22,25). The summed E-state index contributed by atoms with van der Waals surface area (Å²) in [6.45, 7) is 0. The lowest BCUT2D eigenvalue weighted by Gasteiger charge is -2.11. The van der Waals surface area contributed by atoms with Crippen molar-refractivity contribution in [3.63, 3.8) is 0 Å². The maximum absolute atomic E-state index is 12.6. The molecule has 30 heavy (non-hydrogen) atoms. The number of amides is 2. The molecule has 3 rings (SSSR count). The van der Waals surface area contributed by atoms with Gasteiger partial charge in [0.05, 0.1) is 15.5 Å². The van der Waals surface area contributed by atoms with Crippen molar-refractivity contribution >= 4 is 50.4 Å². The minimum absolute atomic E-state index is 0.158. The van der Waals surface area contributed by atoms with Gasteiger partial charge in [-0.05, 0) is 42.5 Å². The van der Waals surface area contributed by atoms with Crippen LogP contribution in [0.25, 0.3) is 0 Å². The second-order valence-electron chi connectivity index (χ2n) is 6.00. The van der Waals surface area contributed by atoms with Crippen LogP contribution < -0.4 is 15.4 Å². The Kier molecular flexibility index (Phi) is 6.19. The molecule has 154 valence electrons. The fourth-order valence-electron chi connectivity index (χ4n) is 2.49. The number of rotatable bonds is 6. The van der Waals surface area contributed by atoms with Gasteiger partial charge < -0.3 is 10.6 Å². The van der Waals surface area contributed by atoms with Crippen LogP contribution in [-0.2, 0) is 10.0 Å². The minimum Gasteiger partial charge on any atom is -0.308 e. The van der Waals surface area contributed by atoms with Gasteiger partial charge in [0.1, 0.15) is 5.02 Å². The summed E-state index contributed by atoms with van der Waals surface area (Å²) in [4.78, 5) is 22.0. The molecule has 2 amide bonds. The molecular weight excluding hydrogens is 432 g/mol. The second-order valence-corrected chi connectivity index (χ2v) is 8.09. The topological polar surface area (TPSA) is 130 Å². The zero-order valence-electron chi connectivity index (χ0n) is 15.2. The first-order valence-electron chi connectivity index (χ1n) is 8.44. The Labute approximate surface area is 176 Å². The Bertz CT molecular complexity index is 1200. The van der Waals surface area contributed by atoms with Crippen LogP contribution in [0.1, 0.15) is 0 Å². The van der Waals surface area contributed by atoms with Crippen LogP contribution in [0, 0.1) is 10.1 Å². The van der Waals surface area contributed by atoms with Gasteiger partial charge in [-0.3, -0.25) is 14.8 Å². The monoisotopic (exact) mass is 446 g/mol. The Morgan fingerprint density at radius 3 is 2.20 bits per heavy atom. The Hall–Kier alpha value is -3.63. The highest BCUT2D eigenvalue weighted by Crippen LogP contribution is 2.28. The number of nitrogens with one attached hydrogen (secondary N) is 3. The van der Waals surface area contributed by atoms with E-state index in [0.717, 1.165) is 18.2 Å². The highest BCUT2D eigenvalue weighted by molar-refractivity contribution is 7.92. The first-order chi connectivity index (χ1) is 14.2. The number of carbonyl (C=O) groups excluding carboxylic acids is 1. The molecule has 0 saturated carbocycles. The highest BCUT2D eigenvalue weighted by Gasteiger charge is 2.21. The average molecular weight is 447 g/mol. The minimum atomic E-state index is -4.12. The summed E-state index contributed by atoms with van der Waals surface area (Å²) in [5.41, 5.74) is 0.569. The quantitative estimate of drug-likeness (QED) is 0.373. The number of urea groups is 1. The number of sulfonamides is 1. The third-order valence-electron chi connectivity index (χ3n) is 3.83. The number of halogens is 1. The first kappa shape index (κ1) is 21.1. The lowest BCUT2D eigenvalue weighted by atomic mass is 10.3.